The summed E-state index contributed by atoms with van der Waals surface area (Å²) < 4.78 is 2.19. The van der Waals surface area contributed by atoms with Crippen molar-refractivity contribution in [2.24, 2.45) is 0 Å². The molecule has 7 aromatic carbocycles. The van der Waals surface area contributed by atoms with Crippen LogP contribution in [0.2, 0.25) is 0 Å². The maximum atomic E-state index is 4.81. The standard InChI is InChI=1S/C48H29N3/c1-3-13-30(14-4-1)42-36-19-7-8-20-37(36)43(31-15-5-2-6-16-31)46-41-26-25-34(35-21-10-22-40(44(35)41)45(42)46)32-17-9-18-33(29-32)51-47-38(23-11-27-49-47)39-24-12-28-50-48(39)51/h1-29H. The van der Waals surface area contributed by atoms with Gasteiger partial charge in [0.2, 0.25) is 0 Å². The minimum absolute atomic E-state index is 0.910. The van der Waals surface area contributed by atoms with E-state index in [-0.39, 0.29) is 0 Å². The number of aromatic nitrogens is 3. The molecule has 1 aliphatic carbocycles. The average molecular weight is 648 g/mol. The topological polar surface area (TPSA) is 30.7 Å². The van der Waals surface area contributed by atoms with Gasteiger partial charge < -0.3 is 0 Å². The number of rotatable bonds is 4. The molecule has 10 aromatic rings. The summed E-state index contributed by atoms with van der Waals surface area (Å²) in [5, 5.41) is 7.30. The Balaban J connectivity index is 1.20. The van der Waals surface area contributed by atoms with Crippen LogP contribution in [0, 0.1) is 0 Å². The van der Waals surface area contributed by atoms with Crippen molar-refractivity contribution in [1.82, 2.24) is 14.5 Å². The van der Waals surface area contributed by atoms with Gasteiger partial charge >= 0.3 is 0 Å². The Bertz CT molecular complexity index is 2870. The van der Waals surface area contributed by atoms with E-state index >= 15 is 0 Å². The van der Waals surface area contributed by atoms with Gasteiger partial charge in [-0.1, -0.05) is 127 Å². The van der Waals surface area contributed by atoms with E-state index in [1.54, 1.807) is 0 Å². The van der Waals surface area contributed by atoms with E-state index in [4.69, 9.17) is 9.97 Å². The molecule has 0 atom stereocenters. The quantitative estimate of drug-likeness (QED) is 0.190. The number of fused-ring (bicyclic) bond motifs is 7. The Morgan fingerprint density at radius 3 is 1.45 bits per heavy atom. The normalized spacial score (nSPS) is 11.9. The van der Waals surface area contributed by atoms with E-state index in [0.717, 1.165) is 33.3 Å². The molecule has 0 saturated heterocycles. The van der Waals surface area contributed by atoms with Gasteiger partial charge in [0.25, 0.3) is 0 Å². The summed E-state index contributed by atoms with van der Waals surface area (Å²) in [5.74, 6) is 0. The highest BCUT2D eigenvalue weighted by atomic mass is 15.1. The van der Waals surface area contributed by atoms with Gasteiger partial charge in [0.1, 0.15) is 11.3 Å². The second-order valence-corrected chi connectivity index (χ2v) is 13.3. The number of hydrogen-bond donors (Lipinski definition) is 0. The third kappa shape index (κ3) is 4.00. The van der Waals surface area contributed by atoms with Crippen molar-refractivity contribution in [3.63, 3.8) is 0 Å². The monoisotopic (exact) mass is 647 g/mol. The van der Waals surface area contributed by atoms with Gasteiger partial charge in [-0.3, -0.25) is 4.57 Å². The number of nitrogens with zero attached hydrogens (tertiary/aromatic N) is 3. The molecule has 0 saturated carbocycles. The molecule has 0 unspecified atom stereocenters. The minimum Gasteiger partial charge on any atom is -0.278 e. The fraction of sp³-hybridized carbons (Fsp3) is 0. The first-order chi connectivity index (χ1) is 25.3. The summed E-state index contributed by atoms with van der Waals surface area (Å²) in [5.41, 5.74) is 15.5. The van der Waals surface area contributed by atoms with Crippen molar-refractivity contribution in [2.75, 3.05) is 0 Å². The van der Waals surface area contributed by atoms with Gasteiger partial charge in [-0.2, -0.15) is 0 Å². The van der Waals surface area contributed by atoms with Crippen molar-refractivity contribution in [3.05, 3.63) is 176 Å². The first kappa shape index (κ1) is 28.0. The molecule has 3 heteroatoms. The van der Waals surface area contributed by atoms with Gasteiger partial charge in [-0.05, 0) is 114 Å². The Morgan fingerprint density at radius 2 is 0.824 bits per heavy atom. The lowest BCUT2D eigenvalue weighted by atomic mass is 9.82. The van der Waals surface area contributed by atoms with Crippen molar-refractivity contribution < 1.29 is 0 Å². The van der Waals surface area contributed by atoms with E-state index < -0.39 is 0 Å². The first-order valence-electron chi connectivity index (χ1n) is 17.4. The van der Waals surface area contributed by atoms with Crippen LogP contribution >= 0.6 is 0 Å². The number of pyridine rings is 2. The fourth-order valence-electron chi connectivity index (χ4n) is 8.59. The van der Waals surface area contributed by atoms with Crippen LogP contribution in [0.4, 0.5) is 0 Å². The molecule has 1 aliphatic rings. The third-order valence-electron chi connectivity index (χ3n) is 10.6. The summed E-state index contributed by atoms with van der Waals surface area (Å²) in [6.07, 6.45) is 3.72. The Morgan fingerprint density at radius 1 is 0.333 bits per heavy atom. The van der Waals surface area contributed by atoms with Crippen LogP contribution < -0.4 is 0 Å². The van der Waals surface area contributed by atoms with Crippen LogP contribution in [0.25, 0.3) is 105 Å². The van der Waals surface area contributed by atoms with E-state index in [1.165, 1.54) is 71.6 Å². The smallest absolute Gasteiger partial charge is 0.146 e. The predicted molar refractivity (Wildman–Crippen MR) is 212 cm³/mol. The molecule has 0 N–H and O–H groups in total. The first-order valence-corrected chi connectivity index (χ1v) is 17.4. The molecule has 11 rings (SSSR count). The molecule has 0 radical (unpaired) electrons. The van der Waals surface area contributed by atoms with E-state index in [0.29, 0.717) is 0 Å². The van der Waals surface area contributed by atoms with Gasteiger partial charge in [0, 0.05) is 28.9 Å². The van der Waals surface area contributed by atoms with Crippen LogP contribution in [-0.4, -0.2) is 14.5 Å². The van der Waals surface area contributed by atoms with Crippen LogP contribution in [0.3, 0.4) is 0 Å². The van der Waals surface area contributed by atoms with Crippen molar-refractivity contribution in [2.45, 2.75) is 0 Å². The lowest BCUT2D eigenvalue weighted by molar-refractivity contribution is 1.10. The fourth-order valence-corrected chi connectivity index (χ4v) is 8.59. The molecule has 3 aromatic heterocycles. The summed E-state index contributed by atoms with van der Waals surface area (Å²) in [6, 6.07) is 59.4. The average Bonchev–Trinajstić information content (AvgIpc) is 3.72. The number of hydrogen-bond acceptors (Lipinski definition) is 2. The summed E-state index contributed by atoms with van der Waals surface area (Å²) >= 11 is 0. The zero-order chi connectivity index (χ0) is 33.5. The lowest BCUT2D eigenvalue weighted by Gasteiger charge is -2.20. The highest BCUT2D eigenvalue weighted by Crippen LogP contribution is 2.58. The number of benzene rings is 7. The molecule has 0 fully saturated rings. The zero-order valence-electron chi connectivity index (χ0n) is 27.6. The summed E-state index contributed by atoms with van der Waals surface area (Å²) in [4.78, 5) is 9.63. The Labute approximate surface area is 294 Å². The molecule has 0 bridgehead atoms. The van der Waals surface area contributed by atoms with E-state index in [1.807, 2.05) is 24.5 Å². The summed E-state index contributed by atoms with van der Waals surface area (Å²) in [7, 11) is 0. The van der Waals surface area contributed by atoms with Gasteiger partial charge in [-0.15, -0.1) is 0 Å². The zero-order valence-corrected chi connectivity index (χ0v) is 27.6. The maximum Gasteiger partial charge on any atom is 0.146 e. The highest BCUT2D eigenvalue weighted by molar-refractivity contribution is 6.28. The second-order valence-electron chi connectivity index (χ2n) is 13.3. The largest absolute Gasteiger partial charge is 0.278 e. The van der Waals surface area contributed by atoms with Crippen molar-refractivity contribution in [1.29, 1.82) is 0 Å². The minimum atomic E-state index is 0.910. The molecular formula is C48H29N3. The van der Waals surface area contributed by atoms with Crippen LogP contribution in [-0.2, 0) is 0 Å². The van der Waals surface area contributed by atoms with Gasteiger partial charge in [0.15, 0.2) is 0 Å². The molecule has 51 heavy (non-hydrogen) atoms. The third-order valence-corrected chi connectivity index (χ3v) is 10.6. The van der Waals surface area contributed by atoms with Crippen LogP contribution in [0.15, 0.2) is 176 Å². The van der Waals surface area contributed by atoms with Gasteiger partial charge in [-0.25, -0.2) is 9.97 Å². The highest BCUT2D eigenvalue weighted by Gasteiger charge is 2.31. The van der Waals surface area contributed by atoms with Crippen molar-refractivity contribution in [3.8, 4) is 61.3 Å². The predicted octanol–water partition coefficient (Wildman–Crippen LogP) is 12.5. The molecular weight excluding hydrogens is 619 g/mol. The molecule has 3 heterocycles. The molecule has 0 amide bonds. The molecule has 236 valence electrons. The van der Waals surface area contributed by atoms with Gasteiger partial charge in [0.05, 0.1) is 0 Å². The second kappa shape index (κ2) is 10.8. The molecule has 3 nitrogen and oxygen atoms in total. The Kier molecular flexibility index (Phi) is 5.96. The maximum absolute atomic E-state index is 4.81. The van der Waals surface area contributed by atoms with Crippen LogP contribution in [0.5, 0.6) is 0 Å². The van der Waals surface area contributed by atoms with Crippen molar-refractivity contribution >= 4 is 43.6 Å². The SMILES string of the molecule is c1ccc(-c2c3c(c(-c4ccccc4)c4ccccc24)-c2ccc(-c4cccc(-n5c6ncccc6c6cccnc65)c4)c4cccc-3c24)cc1. The van der Waals surface area contributed by atoms with Crippen LogP contribution in [0.1, 0.15) is 0 Å². The van der Waals surface area contributed by atoms with E-state index in [2.05, 4.69) is 156 Å². The molecule has 0 spiro atoms. The molecule has 0 aliphatic heterocycles. The Hall–Kier alpha value is -6.84. The van der Waals surface area contributed by atoms with E-state index in [9.17, 15) is 0 Å². The summed E-state index contributed by atoms with van der Waals surface area (Å²) in [6.45, 7) is 0. The lowest BCUT2D eigenvalue weighted by Crippen LogP contribution is -1.97.